The van der Waals surface area contributed by atoms with Crippen LogP contribution >= 0.6 is 11.8 Å². The van der Waals surface area contributed by atoms with E-state index in [1.54, 1.807) is 30.3 Å². The summed E-state index contributed by atoms with van der Waals surface area (Å²) in [7, 11) is 0. The fraction of sp³-hybridized carbons (Fsp3) is 0.176. The quantitative estimate of drug-likeness (QED) is 0.426. The third-order valence-electron chi connectivity index (χ3n) is 3.36. The molecular weight excluding hydrogens is 342 g/mol. The van der Waals surface area contributed by atoms with E-state index in [0.29, 0.717) is 18.5 Å². The Morgan fingerprint density at radius 3 is 2.52 bits per heavy atom. The molecule has 0 saturated carbocycles. The molecule has 0 fully saturated rings. The number of hydrogen-bond donors (Lipinski definition) is 2. The number of nitro groups is 1. The largest absolute Gasteiger partial charge is 0.366 e. The number of rotatable bonds is 8. The predicted octanol–water partition coefficient (Wildman–Crippen LogP) is 2.14. The lowest BCUT2D eigenvalue weighted by atomic mass is 10.1. The van der Waals surface area contributed by atoms with Crippen molar-refractivity contribution >= 4 is 29.3 Å². The van der Waals surface area contributed by atoms with Crippen LogP contribution in [0.3, 0.4) is 0 Å². The maximum Gasteiger partial charge on any atom is 0.269 e. The van der Waals surface area contributed by atoms with Gasteiger partial charge < -0.3 is 11.1 Å². The molecule has 0 atom stereocenters. The first kappa shape index (κ1) is 18.5. The number of thioether (sulfide) groups is 1. The molecule has 7 nitrogen and oxygen atoms in total. The Balaban J connectivity index is 1.74. The van der Waals surface area contributed by atoms with Gasteiger partial charge in [0, 0.05) is 29.1 Å². The van der Waals surface area contributed by atoms with Crippen LogP contribution in [0.4, 0.5) is 5.69 Å². The highest BCUT2D eigenvalue weighted by atomic mass is 32.2. The maximum absolute atomic E-state index is 11.8. The van der Waals surface area contributed by atoms with Gasteiger partial charge in [0.15, 0.2) is 0 Å². The molecule has 0 spiro atoms. The number of amides is 2. The van der Waals surface area contributed by atoms with Crippen LogP contribution in [0.25, 0.3) is 0 Å². The first-order valence-corrected chi connectivity index (χ1v) is 8.47. The van der Waals surface area contributed by atoms with Crippen molar-refractivity contribution < 1.29 is 14.5 Å². The Bertz CT molecular complexity index is 778. The van der Waals surface area contributed by atoms with Gasteiger partial charge in [0.1, 0.15) is 0 Å². The average molecular weight is 359 g/mol. The van der Waals surface area contributed by atoms with Gasteiger partial charge in [-0.2, -0.15) is 0 Å². The Hall–Kier alpha value is -2.87. The number of nitrogens with two attached hydrogens (primary N) is 1. The van der Waals surface area contributed by atoms with Gasteiger partial charge in [-0.1, -0.05) is 12.1 Å². The first-order chi connectivity index (χ1) is 12.0. The van der Waals surface area contributed by atoms with E-state index in [-0.39, 0.29) is 17.3 Å². The summed E-state index contributed by atoms with van der Waals surface area (Å²) in [6.07, 6.45) is 0.592. The number of nitrogens with one attached hydrogen (secondary N) is 1. The SMILES string of the molecule is NC(=O)c1cccc(CCNC(=O)CSc2ccc([N+](=O)[O-])cc2)c1. The van der Waals surface area contributed by atoms with E-state index in [1.807, 2.05) is 6.07 Å². The Labute approximate surface area is 148 Å². The number of non-ortho nitro benzene ring substituents is 1. The fourth-order valence-corrected chi connectivity index (χ4v) is 2.82. The number of nitro benzene ring substituents is 1. The second-order valence-electron chi connectivity index (χ2n) is 5.20. The van der Waals surface area contributed by atoms with Crippen molar-refractivity contribution in [3.63, 3.8) is 0 Å². The van der Waals surface area contributed by atoms with E-state index >= 15 is 0 Å². The molecule has 25 heavy (non-hydrogen) atoms. The summed E-state index contributed by atoms with van der Waals surface area (Å²) in [4.78, 5) is 33.9. The van der Waals surface area contributed by atoms with Crippen molar-refractivity contribution in [3.8, 4) is 0 Å². The lowest BCUT2D eigenvalue weighted by Crippen LogP contribution is -2.27. The van der Waals surface area contributed by atoms with Crippen molar-refractivity contribution in [2.45, 2.75) is 11.3 Å². The summed E-state index contributed by atoms with van der Waals surface area (Å²) in [5, 5.41) is 13.4. The first-order valence-electron chi connectivity index (χ1n) is 7.48. The second-order valence-corrected chi connectivity index (χ2v) is 6.25. The predicted molar refractivity (Wildman–Crippen MR) is 95.5 cm³/mol. The number of nitrogens with zero attached hydrogens (tertiary/aromatic N) is 1. The third kappa shape index (κ3) is 5.92. The lowest BCUT2D eigenvalue weighted by Gasteiger charge is -2.06. The smallest absolute Gasteiger partial charge is 0.269 e. The topological polar surface area (TPSA) is 115 Å². The Morgan fingerprint density at radius 2 is 1.88 bits per heavy atom. The molecule has 2 aromatic carbocycles. The minimum atomic E-state index is -0.481. The normalized spacial score (nSPS) is 10.2. The monoisotopic (exact) mass is 359 g/mol. The standard InChI is InChI=1S/C17H17N3O4S/c18-17(22)13-3-1-2-12(10-13)8-9-19-16(21)11-25-15-6-4-14(5-7-15)20(23)24/h1-7,10H,8-9,11H2,(H2,18,22)(H,19,21). The molecule has 2 aromatic rings. The Morgan fingerprint density at radius 1 is 1.16 bits per heavy atom. The highest BCUT2D eigenvalue weighted by molar-refractivity contribution is 8.00. The minimum absolute atomic E-state index is 0.0204. The van der Waals surface area contributed by atoms with E-state index in [9.17, 15) is 19.7 Å². The molecule has 0 aliphatic carbocycles. The highest BCUT2D eigenvalue weighted by Crippen LogP contribution is 2.21. The summed E-state index contributed by atoms with van der Waals surface area (Å²) in [5.41, 5.74) is 6.61. The molecule has 3 N–H and O–H groups in total. The summed E-state index contributed by atoms with van der Waals surface area (Å²) < 4.78 is 0. The van der Waals surface area contributed by atoms with Crippen LogP contribution in [0.5, 0.6) is 0 Å². The molecule has 8 heteroatoms. The fourth-order valence-electron chi connectivity index (χ4n) is 2.09. The Kier molecular flexibility index (Phi) is 6.53. The third-order valence-corrected chi connectivity index (χ3v) is 4.38. The van der Waals surface area contributed by atoms with Gasteiger partial charge in [-0.05, 0) is 36.2 Å². The van der Waals surface area contributed by atoms with Crippen molar-refractivity contribution in [1.29, 1.82) is 0 Å². The molecule has 0 saturated heterocycles. The highest BCUT2D eigenvalue weighted by Gasteiger charge is 2.07. The van der Waals surface area contributed by atoms with E-state index in [2.05, 4.69) is 5.32 Å². The van der Waals surface area contributed by atoms with Gasteiger partial charge >= 0.3 is 0 Å². The molecule has 130 valence electrons. The minimum Gasteiger partial charge on any atom is -0.366 e. The molecule has 0 heterocycles. The van der Waals surface area contributed by atoms with Crippen LogP contribution in [0.15, 0.2) is 53.4 Å². The van der Waals surface area contributed by atoms with E-state index in [1.165, 1.54) is 23.9 Å². The summed E-state index contributed by atoms with van der Waals surface area (Å²) in [6.45, 7) is 0.446. The molecule has 2 amide bonds. The van der Waals surface area contributed by atoms with Gasteiger partial charge in [0.05, 0.1) is 10.7 Å². The van der Waals surface area contributed by atoms with Crippen molar-refractivity contribution in [2.75, 3.05) is 12.3 Å². The van der Waals surface area contributed by atoms with Crippen molar-refractivity contribution in [3.05, 3.63) is 69.8 Å². The van der Waals surface area contributed by atoms with Gasteiger partial charge in [0.2, 0.25) is 11.8 Å². The average Bonchev–Trinajstić information content (AvgIpc) is 2.60. The number of hydrogen-bond acceptors (Lipinski definition) is 5. The summed E-state index contributed by atoms with van der Waals surface area (Å²) in [5.74, 6) is -0.390. The molecule has 0 aliphatic heterocycles. The van der Waals surface area contributed by atoms with Gasteiger partial charge in [-0.25, -0.2) is 0 Å². The van der Waals surface area contributed by atoms with Crippen LogP contribution in [-0.4, -0.2) is 29.0 Å². The zero-order valence-electron chi connectivity index (χ0n) is 13.3. The van der Waals surface area contributed by atoms with Crippen LogP contribution in [-0.2, 0) is 11.2 Å². The maximum atomic E-state index is 11.8. The van der Waals surface area contributed by atoms with E-state index < -0.39 is 10.8 Å². The number of carbonyl (C=O) groups is 2. The van der Waals surface area contributed by atoms with Crippen LogP contribution < -0.4 is 11.1 Å². The van der Waals surface area contributed by atoms with Crippen LogP contribution in [0.1, 0.15) is 15.9 Å². The number of benzene rings is 2. The molecular formula is C17H17N3O4S. The molecule has 0 aliphatic rings. The molecule has 2 rings (SSSR count). The number of primary amides is 1. The van der Waals surface area contributed by atoms with Crippen LogP contribution in [0.2, 0.25) is 0 Å². The zero-order chi connectivity index (χ0) is 18.2. The summed E-state index contributed by atoms with van der Waals surface area (Å²) >= 11 is 1.31. The van der Waals surface area contributed by atoms with E-state index in [4.69, 9.17) is 5.73 Å². The van der Waals surface area contributed by atoms with Crippen LogP contribution in [0, 0.1) is 10.1 Å². The van der Waals surface area contributed by atoms with Gasteiger partial charge in [-0.15, -0.1) is 11.8 Å². The second kappa shape index (κ2) is 8.84. The van der Waals surface area contributed by atoms with Gasteiger partial charge in [-0.3, -0.25) is 19.7 Å². The van der Waals surface area contributed by atoms with E-state index in [0.717, 1.165) is 10.5 Å². The molecule has 0 bridgehead atoms. The zero-order valence-corrected chi connectivity index (χ0v) is 14.1. The van der Waals surface area contributed by atoms with Crippen molar-refractivity contribution in [1.82, 2.24) is 5.32 Å². The van der Waals surface area contributed by atoms with Crippen molar-refractivity contribution in [2.24, 2.45) is 5.73 Å². The molecule has 0 aromatic heterocycles. The summed E-state index contributed by atoms with van der Waals surface area (Å²) in [6, 6.07) is 13.0. The number of carbonyl (C=O) groups excluding carboxylic acids is 2. The van der Waals surface area contributed by atoms with Gasteiger partial charge in [0.25, 0.3) is 5.69 Å². The molecule has 0 radical (unpaired) electrons. The lowest BCUT2D eigenvalue weighted by molar-refractivity contribution is -0.384. The molecule has 0 unspecified atom stereocenters.